The number of para-hydroxylation sites is 1. The lowest BCUT2D eigenvalue weighted by atomic mass is 10.3. The highest BCUT2D eigenvalue weighted by Gasteiger charge is 1.96. The van der Waals surface area contributed by atoms with Crippen LogP contribution < -0.4 is 0 Å². The second kappa shape index (κ2) is 1.84. The normalized spacial score (nSPS) is 10.5. The molecule has 0 unspecified atom stereocenters. The summed E-state index contributed by atoms with van der Waals surface area (Å²) in [6.45, 7) is 0. The molecule has 10 heavy (non-hydrogen) atoms. The van der Waals surface area contributed by atoms with Crippen molar-refractivity contribution < 1.29 is 4.48 Å². The van der Waals surface area contributed by atoms with Crippen LogP contribution in [0.25, 0.3) is 10.9 Å². The highest BCUT2D eigenvalue weighted by Crippen LogP contribution is 2.13. The Kier molecular flexibility index (Phi) is 1.01. The molecule has 1 radical (unpaired) electrons. The zero-order valence-electron chi connectivity index (χ0n) is 5.21. The van der Waals surface area contributed by atoms with E-state index in [1.165, 1.54) is 0 Å². The van der Waals surface area contributed by atoms with Crippen molar-refractivity contribution in [1.82, 2.24) is 4.79 Å². The third-order valence-electron chi connectivity index (χ3n) is 1.48. The summed E-state index contributed by atoms with van der Waals surface area (Å²) in [4.78, 5) is 0.495. The van der Waals surface area contributed by atoms with Crippen LogP contribution in [0.1, 0.15) is 0 Å². The number of benzene rings is 1. The van der Waals surface area contributed by atoms with Gasteiger partial charge in [-0.1, -0.05) is 22.7 Å². The van der Waals surface area contributed by atoms with E-state index in [-0.39, 0.29) is 0 Å². The Balaban J connectivity index is 2.93. The minimum atomic E-state index is 0.495. The third-order valence-corrected chi connectivity index (χ3v) is 1.48. The maximum Gasteiger partial charge on any atom is 0.102 e. The smallest absolute Gasteiger partial charge is 0.102 e. The summed E-state index contributed by atoms with van der Waals surface area (Å²) in [5.74, 6) is 0. The van der Waals surface area contributed by atoms with Crippen LogP contribution in [0.3, 0.4) is 0 Å². The van der Waals surface area contributed by atoms with Crippen LogP contribution in [0, 0.1) is 6.20 Å². The van der Waals surface area contributed by atoms with Gasteiger partial charge in [0, 0.05) is 5.39 Å². The van der Waals surface area contributed by atoms with Gasteiger partial charge in [0.1, 0.15) is 6.20 Å². The van der Waals surface area contributed by atoms with Gasteiger partial charge in [0.15, 0.2) is 0 Å². The van der Waals surface area contributed by atoms with Crippen LogP contribution in [0.15, 0.2) is 30.3 Å². The summed E-state index contributed by atoms with van der Waals surface area (Å²) in [6, 6.07) is 8.85. The molecular weight excluding hydrogens is 129 g/mol. The van der Waals surface area contributed by atoms with E-state index in [1.807, 2.05) is 12.1 Å². The molecule has 1 nitrogen and oxygen atoms in total. The standard InChI is InChI=1S/C8H5FN/c9-10-6-5-7-3-1-2-4-8(7)10/h1-5H. The molecule has 1 aromatic carbocycles. The number of hydrogen-bond acceptors (Lipinski definition) is 0. The first-order valence-electron chi connectivity index (χ1n) is 3.02. The van der Waals surface area contributed by atoms with Gasteiger partial charge in [-0.05, 0) is 12.1 Å². The van der Waals surface area contributed by atoms with E-state index in [4.69, 9.17) is 0 Å². The fourth-order valence-corrected chi connectivity index (χ4v) is 0.984. The molecule has 0 saturated carbocycles. The van der Waals surface area contributed by atoms with Crippen LogP contribution in [-0.2, 0) is 0 Å². The summed E-state index contributed by atoms with van der Waals surface area (Å²) in [6.07, 6.45) is 2.43. The first-order chi connectivity index (χ1) is 4.88. The SMILES string of the molecule is Fn1[c]cc2ccccc21. The van der Waals surface area contributed by atoms with Gasteiger partial charge in [-0.3, -0.25) is 0 Å². The maximum atomic E-state index is 12.6. The van der Waals surface area contributed by atoms with Crippen molar-refractivity contribution in [3.05, 3.63) is 36.5 Å². The third kappa shape index (κ3) is 0.620. The van der Waals surface area contributed by atoms with Gasteiger partial charge < -0.3 is 0 Å². The Morgan fingerprint density at radius 3 is 2.90 bits per heavy atom. The molecule has 49 valence electrons. The Hall–Kier alpha value is -1.31. The van der Waals surface area contributed by atoms with E-state index in [2.05, 4.69) is 6.20 Å². The molecule has 0 atom stereocenters. The average Bonchev–Trinajstić information content (AvgIpc) is 2.34. The number of halogens is 1. The van der Waals surface area contributed by atoms with Gasteiger partial charge in [-0.25, -0.2) is 0 Å². The Morgan fingerprint density at radius 2 is 2.10 bits per heavy atom. The molecule has 2 aromatic rings. The van der Waals surface area contributed by atoms with Gasteiger partial charge >= 0.3 is 0 Å². The summed E-state index contributed by atoms with van der Waals surface area (Å²) in [5, 5.41) is 0.880. The van der Waals surface area contributed by atoms with E-state index in [0.29, 0.717) is 10.3 Å². The number of rotatable bonds is 0. The molecule has 0 bridgehead atoms. The van der Waals surface area contributed by atoms with Crippen LogP contribution in [0.2, 0.25) is 0 Å². The van der Waals surface area contributed by atoms with Crippen molar-refractivity contribution in [1.29, 1.82) is 0 Å². The molecule has 1 heterocycles. The second-order valence-electron chi connectivity index (χ2n) is 2.11. The molecule has 0 N–H and O–H groups in total. The van der Waals surface area contributed by atoms with Gasteiger partial charge in [0.05, 0.1) is 5.52 Å². The molecular formula is C8H5FN. The van der Waals surface area contributed by atoms with Gasteiger partial charge in [-0.15, -0.1) is 0 Å². The molecule has 0 aliphatic carbocycles. The summed E-state index contributed by atoms with van der Waals surface area (Å²) >= 11 is 0. The molecule has 0 spiro atoms. The number of fused-ring (bicyclic) bond motifs is 1. The summed E-state index contributed by atoms with van der Waals surface area (Å²) in [5.41, 5.74) is 0.572. The molecule has 1 aromatic heterocycles. The van der Waals surface area contributed by atoms with Crippen molar-refractivity contribution >= 4 is 10.9 Å². The number of nitrogens with zero attached hydrogens (tertiary/aromatic N) is 1. The van der Waals surface area contributed by atoms with Crippen molar-refractivity contribution in [2.45, 2.75) is 0 Å². The zero-order chi connectivity index (χ0) is 6.97. The number of aromatic nitrogens is 1. The van der Waals surface area contributed by atoms with Crippen LogP contribution in [0.4, 0.5) is 4.48 Å². The largest absolute Gasteiger partial charge is 0.177 e. The Morgan fingerprint density at radius 1 is 1.30 bits per heavy atom. The van der Waals surface area contributed by atoms with Crippen LogP contribution >= 0.6 is 0 Å². The predicted molar refractivity (Wildman–Crippen MR) is 37.3 cm³/mol. The maximum absolute atomic E-state index is 12.6. The fourth-order valence-electron chi connectivity index (χ4n) is 0.984. The first-order valence-corrected chi connectivity index (χ1v) is 3.02. The van der Waals surface area contributed by atoms with Crippen molar-refractivity contribution in [2.75, 3.05) is 0 Å². The molecule has 0 aliphatic rings. The molecule has 0 amide bonds. The van der Waals surface area contributed by atoms with E-state index in [0.717, 1.165) is 5.39 Å². The van der Waals surface area contributed by atoms with Crippen LogP contribution in [-0.4, -0.2) is 4.79 Å². The van der Waals surface area contributed by atoms with E-state index in [9.17, 15) is 4.48 Å². The molecule has 0 aliphatic heterocycles. The topological polar surface area (TPSA) is 4.93 Å². The van der Waals surface area contributed by atoms with E-state index >= 15 is 0 Å². The lowest BCUT2D eigenvalue weighted by molar-refractivity contribution is 0.385. The lowest BCUT2D eigenvalue weighted by Crippen LogP contribution is -1.75. The predicted octanol–water partition coefficient (Wildman–Crippen LogP) is 2.17. The monoisotopic (exact) mass is 134 g/mol. The van der Waals surface area contributed by atoms with Gasteiger partial charge in [0.2, 0.25) is 0 Å². The average molecular weight is 134 g/mol. The molecule has 2 rings (SSSR count). The first kappa shape index (κ1) is 5.47. The molecule has 0 fully saturated rings. The van der Waals surface area contributed by atoms with E-state index < -0.39 is 0 Å². The summed E-state index contributed by atoms with van der Waals surface area (Å²) < 4.78 is 12.6. The summed E-state index contributed by atoms with van der Waals surface area (Å²) in [7, 11) is 0. The Labute approximate surface area is 57.6 Å². The molecule has 0 saturated heterocycles. The lowest BCUT2D eigenvalue weighted by Gasteiger charge is -1.87. The number of hydrogen-bond donors (Lipinski definition) is 0. The van der Waals surface area contributed by atoms with Crippen molar-refractivity contribution in [3.8, 4) is 0 Å². The minimum Gasteiger partial charge on any atom is -0.177 e. The van der Waals surface area contributed by atoms with Gasteiger partial charge in [-0.2, -0.15) is 4.79 Å². The van der Waals surface area contributed by atoms with Crippen LogP contribution in [0.5, 0.6) is 0 Å². The van der Waals surface area contributed by atoms with E-state index in [1.54, 1.807) is 18.2 Å². The van der Waals surface area contributed by atoms with Crippen molar-refractivity contribution in [2.24, 2.45) is 0 Å². The fraction of sp³-hybridized carbons (Fsp3) is 0. The quantitative estimate of drug-likeness (QED) is 0.520. The highest BCUT2D eigenvalue weighted by molar-refractivity contribution is 5.79. The van der Waals surface area contributed by atoms with Crippen molar-refractivity contribution in [3.63, 3.8) is 0 Å². The minimum absolute atomic E-state index is 0.495. The second-order valence-corrected chi connectivity index (χ2v) is 2.11. The zero-order valence-corrected chi connectivity index (χ0v) is 5.21. The Bertz CT molecular complexity index is 351. The highest BCUT2D eigenvalue weighted by atomic mass is 19.2. The van der Waals surface area contributed by atoms with Gasteiger partial charge in [0.25, 0.3) is 0 Å². The molecule has 2 heteroatoms.